The molecule has 2 aliphatic rings. The molecule has 6 nitrogen and oxygen atoms in total. The molecule has 7 heteroatoms. The molecule has 0 saturated carbocycles. The van der Waals surface area contributed by atoms with Crippen molar-refractivity contribution in [3.63, 3.8) is 0 Å². The maximum Gasteiger partial charge on any atom is 0.319 e. The van der Waals surface area contributed by atoms with Crippen molar-refractivity contribution in [3.05, 3.63) is 0 Å². The molecule has 0 aromatic rings. The Morgan fingerprint density at radius 2 is 1.74 bits per heavy atom. The normalized spacial score (nSPS) is 26.4. The topological polar surface area (TPSA) is 60.9 Å². The van der Waals surface area contributed by atoms with Crippen LogP contribution in [-0.2, 0) is 9.84 Å². The van der Waals surface area contributed by atoms with Gasteiger partial charge in [0.05, 0.1) is 10.5 Å². The number of carbonyl (C=O) groups excluding carboxylic acids is 1. The van der Waals surface area contributed by atoms with E-state index in [-0.39, 0.29) is 11.8 Å². The maximum atomic E-state index is 12.4. The fraction of sp³-hybridized carbons (Fsp3) is 0.917. The van der Waals surface area contributed by atoms with Gasteiger partial charge < -0.3 is 14.7 Å². The van der Waals surface area contributed by atoms with Gasteiger partial charge in [0.15, 0.2) is 9.84 Å². The van der Waals surface area contributed by atoms with Crippen molar-refractivity contribution in [1.29, 1.82) is 0 Å². The van der Waals surface area contributed by atoms with E-state index in [1.807, 2.05) is 7.05 Å². The van der Waals surface area contributed by atoms with Crippen LogP contribution in [0, 0.1) is 0 Å². The Hall–Kier alpha value is -0.820. The largest absolute Gasteiger partial charge is 0.331 e. The first kappa shape index (κ1) is 14.6. The Balaban J connectivity index is 2.11. The van der Waals surface area contributed by atoms with Crippen molar-refractivity contribution in [3.8, 4) is 0 Å². The number of carbonyl (C=O) groups is 1. The molecule has 2 heterocycles. The van der Waals surface area contributed by atoms with Gasteiger partial charge in [-0.05, 0) is 19.9 Å². The van der Waals surface area contributed by atoms with Crippen LogP contribution in [-0.4, -0.2) is 87.0 Å². The minimum atomic E-state index is -3.04. The summed E-state index contributed by atoms with van der Waals surface area (Å²) in [6.45, 7) is 2.28. The fourth-order valence-corrected chi connectivity index (χ4v) is 5.23. The Bertz CT molecular complexity index is 453. The zero-order chi connectivity index (χ0) is 14.3. The van der Waals surface area contributed by atoms with Crippen LogP contribution in [0.1, 0.15) is 12.8 Å². The van der Waals surface area contributed by atoms with Crippen LogP contribution < -0.4 is 0 Å². The molecule has 2 aliphatic heterocycles. The molecule has 0 N–H and O–H groups in total. The van der Waals surface area contributed by atoms with Gasteiger partial charge in [-0.15, -0.1) is 0 Å². The van der Waals surface area contributed by atoms with Gasteiger partial charge in [-0.3, -0.25) is 0 Å². The summed E-state index contributed by atoms with van der Waals surface area (Å²) in [5.74, 6) is 0.241. The van der Waals surface area contributed by atoms with Gasteiger partial charge in [-0.1, -0.05) is 0 Å². The SMILES string of the molecule is CN1CCS(=O)(=O)C2(CCN(C(=O)N(C)C)CC2)C1. The van der Waals surface area contributed by atoms with E-state index >= 15 is 0 Å². The van der Waals surface area contributed by atoms with E-state index in [1.165, 1.54) is 0 Å². The van der Waals surface area contributed by atoms with Gasteiger partial charge >= 0.3 is 6.03 Å². The van der Waals surface area contributed by atoms with E-state index < -0.39 is 14.6 Å². The first-order valence-corrected chi connectivity index (χ1v) is 8.30. The number of hydrogen-bond donors (Lipinski definition) is 0. The molecule has 0 unspecified atom stereocenters. The Morgan fingerprint density at radius 3 is 2.26 bits per heavy atom. The summed E-state index contributed by atoms with van der Waals surface area (Å²) in [6.07, 6.45) is 1.11. The van der Waals surface area contributed by atoms with Crippen molar-refractivity contribution >= 4 is 15.9 Å². The third-order valence-electron chi connectivity index (χ3n) is 4.29. The molecule has 2 rings (SSSR count). The molecule has 19 heavy (non-hydrogen) atoms. The summed E-state index contributed by atoms with van der Waals surface area (Å²) < 4.78 is 24.1. The van der Waals surface area contributed by atoms with E-state index in [2.05, 4.69) is 4.90 Å². The first-order chi connectivity index (χ1) is 8.77. The van der Waals surface area contributed by atoms with E-state index in [9.17, 15) is 13.2 Å². The number of hydrogen-bond acceptors (Lipinski definition) is 4. The highest BCUT2D eigenvalue weighted by molar-refractivity contribution is 7.92. The number of nitrogens with zero attached hydrogens (tertiary/aromatic N) is 3. The quantitative estimate of drug-likeness (QED) is 0.623. The number of urea groups is 1. The third-order valence-corrected chi connectivity index (χ3v) is 6.86. The molecular formula is C12H23N3O3S. The molecule has 1 spiro atoms. The average molecular weight is 289 g/mol. The summed E-state index contributed by atoms with van der Waals surface area (Å²) in [5, 5.41) is 0. The lowest BCUT2D eigenvalue weighted by molar-refractivity contribution is 0.140. The second kappa shape index (κ2) is 4.94. The van der Waals surface area contributed by atoms with Crippen LogP contribution in [0.5, 0.6) is 0 Å². The highest BCUT2D eigenvalue weighted by Gasteiger charge is 2.49. The highest BCUT2D eigenvalue weighted by Crippen LogP contribution is 2.34. The summed E-state index contributed by atoms with van der Waals surface area (Å²) in [6, 6.07) is -0.0311. The van der Waals surface area contributed by atoms with Gasteiger partial charge in [0.1, 0.15) is 0 Å². The number of sulfone groups is 1. The van der Waals surface area contributed by atoms with E-state index in [4.69, 9.17) is 0 Å². The molecular weight excluding hydrogens is 266 g/mol. The average Bonchev–Trinajstić information content (AvgIpc) is 2.35. The predicted octanol–water partition coefficient (Wildman–Crippen LogP) is -0.137. The van der Waals surface area contributed by atoms with Gasteiger partial charge in [-0.25, -0.2) is 13.2 Å². The highest BCUT2D eigenvalue weighted by atomic mass is 32.2. The lowest BCUT2D eigenvalue weighted by Crippen LogP contribution is -2.60. The number of likely N-dealkylation sites (tertiary alicyclic amines) is 1. The molecule has 2 saturated heterocycles. The van der Waals surface area contributed by atoms with Crippen molar-refractivity contribution in [2.45, 2.75) is 17.6 Å². The van der Waals surface area contributed by atoms with Crippen molar-refractivity contribution in [2.75, 3.05) is 53.1 Å². The van der Waals surface area contributed by atoms with Gasteiger partial charge in [0.2, 0.25) is 0 Å². The zero-order valence-electron chi connectivity index (χ0n) is 11.9. The van der Waals surface area contributed by atoms with Crippen LogP contribution >= 0.6 is 0 Å². The number of amides is 2. The Labute approximate surface area is 115 Å². The molecule has 0 aromatic heterocycles. The van der Waals surface area contributed by atoms with Crippen LogP contribution in [0.15, 0.2) is 0 Å². The molecule has 0 atom stereocenters. The second-order valence-corrected chi connectivity index (χ2v) is 8.41. The Kier molecular flexibility index (Phi) is 3.79. The van der Waals surface area contributed by atoms with Gasteiger partial charge in [0.25, 0.3) is 0 Å². The molecule has 0 aliphatic carbocycles. The molecule has 2 amide bonds. The van der Waals surface area contributed by atoms with Crippen LogP contribution in [0.3, 0.4) is 0 Å². The summed E-state index contributed by atoms with van der Waals surface area (Å²) in [7, 11) is 2.36. The van der Waals surface area contributed by atoms with Crippen LogP contribution in [0.2, 0.25) is 0 Å². The maximum absolute atomic E-state index is 12.4. The van der Waals surface area contributed by atoms with E-state index in [0.29, 0.717) is 39.0 Å². The van der Waals surface area contributed by atoms with Gasteiger partial charge in [0, 0.05) is 40.3 Å². The summed E-state index contributed by atoms with van der Waals surface area (Å²) >= 11 is 0. The first-order valence-electron chi connectivity index (χ1n) is 6.64. The smallest absolute Gasteiger partial charge is 0.319 e. The minimum Gasteiger partial charge on any atom is -0.331 e. The van der Waals surface area contributed by atoms with Crippen molar-refractivity contribution in [1.82, 2.24) is 14.7 Å². The number of piperidine rings is 1. The summed E-state index contributed by atoms with van der Waals surface area (Å²) in [5.41, 5.74) is 0. The second-order valence-electron chi connectivity index (χ2n) is 5.90. The third kappa shape index (κ3) is 2.58. The molecule has 2 fully saturated rings. The molecule has 110 valence electrons. The molecule has 0 bridgehead atoms. The van der Waals surface area contributed by atoms with Crippen LogP contribution in [0.25, 0.3) is 0 Å². The fourth-order valence-electron chi connectivity index (χ4n) is 3.02. The number of rotatable bonds is 0. The van der Waals surface area contributed by atoms with E-state index in [1.54, 1.807) is 23.9 Å². The van der Waals surface area contributed by atoms with Crippen LogP contribution in [0.4, 0.5) is 4.79 Å². The van der Waals surface area contributed by atoms with Crippen molar-refractivity contribution < 1.29 is 13.2 Å². The predicted molar refractivity (Wildman–Crippen MR) is 73.9 cm³/mol. The molecule has 0 aromatic carbocycles. The van der Waals surface area contributed by atoms with Gasteiger partial charge in [-0.2, -0.15) is 0 Å². The standard InChI is InChI=1S/C12H23N3O3S/c1-13(2)11(16)15-6-4-12(5-7-15)10-14(3)8-9-19(12,17)18/h4-10H2,1-3H3. The van der Waals surface area contributed by atoms with Crippen molar-refractivity contribution in [2.24, 2.45) is 0 Å². The Morgan fingerprint density at radius 1 is 1.16 bits per heavy atom. The monoisotopic (exact) mass is 289 g/mol. The lowest BCUT2D eigenvalue weighted by atomic mass is 9.95. The van der Waals surface area contributed by atoms with E-state index in [0.717, 1.165) is 0 Å². The lowest BCUT2D eigenvalue weighted by Gasteiger charge is -2.46. The summed E-state index contributed by atoms with van der Waals surface area (Å²) in [4.78, 5) is 17.3. The molecule has 0 radical (unpaired) electrons. The minimum absolute atomic E-state index is 0.0311. The zero-order valence-corrected chi connectivity index (χ0v) is 12.7.